The van der Waals surface area contributed by atoms with Crippen LogP contribution in [0.15, 0.2) is 0 Å². The summed E-state index contributed by atoms with van der Waals surface area (Å²) in [6.07, 6.45) is -1.23. The first-order chi connectivity index (χ1) is 2.64. The van der Waals surface area contributed by atoms with Gasteiger partial charge in [-0.1, -0.05) is 0 Å². The van der Waals surface area contributed by atoms with Crippen LogP contribution in [0.2, 0.25) is 0 Å². The minimum atomic E-state index is -1.23. The van der Waals surface area contributed by atoms with Crippen molar-refractivity contribution < 1.29 is 15.0 Å². The molecule has 0 aromatic carbocycles. The zero-order valence-corrected chi connectivity index (χ0v) is 6.38. The van der Waals surface area contributed by atoms with Crippen LogP contribution in [-0.4, -0.2) is 51.8 Å². The van der Waals surface area contributed by atoms with Crippen molar-refractivity contribution >= 4 is 35.5 Å². The van der Waals surface area contributed by atoms with Crippen LogP contribution in [0.25, 0.3) is 0 Å². The fourth-order valence-corrected chi connectivity index (χ4v) is 0. The Bertz CT molecular complexity index is 61.2. The monoisotopic (exact) mass is 116 g/mol. The maximum absolute atomic E-state index is 9.45. The maximum Gasteiger partial charge on any atom is 0.332 e. The molecule has 0 unspecified atom stereocenters. The van der Waals surface area contributed by atoms with Crippen LogP contribution >= 0.6 is 0 Å². The van der Waals surface area contributed by atoms with Gasteiger partial charge in [-0.25, -0.2) is 4.79 Å². The largest absolute Gasteiger partial charge is 0.479 e. The molecule has 37 valence electrons. The van der Waals surface area contributed by atoms with E-state index in [2.05, 4.69) is 0 Å². The average Bonchev–Trinajstić information content (AvgIpc) is 1.36. The predicted octanol–water partition coefficient (Wildman–Crippen LogP) is -0.929. The summed E-state index contributed by atoms with van der Waals surface area (Å²) < 4.78 is 0. The minimum Gasteiger partial charge on any atom is -0.479 e. The molecular weight excluding hydrogens is 110 g/mol. The summed E-state index contributed by atoms with van der Waals surface area (Å²) in [5.41, 5.74) is 0. The molecule has 3 nitrogen and oxygen atoms in total. The van der Waals surface area contributed by atoms with Crippen molar-refractivity contribution in [2.24, 2.45) is 0 Å². The third-order valence-corrected chi connectivity index (χ3v) is 0.357. The van der Waals surface area contributed by atoms with Crippen LogP contribution in [0, 0.1) is 0 Å². The smallest absolute Gasteiger partial charge is 0.332 e. The maximum atomic E-state index is 9.45. The molecule has 0 aliphatic rings. The van der Waals surface area contributed by atoms with Crippen LogP contribution in [0.4, 0.5) is 0 Å². The number of aliphatic hydroxyl groups excluding tert-OH is 1. The van der Waals surface area contributed by atoms with Gasteiger partial charge in [0, 0.05) is 29.6 Å². The Kier molecular flexibility index (Phi) is 6.82. The number of carboxylic acids is 1. The number of rotatable bonds is 1. The van der Waals surface area contributed by atoms with Crippen molar-refractivity contribution in [2.45, 2.75) is 13.0 Å². The first-order valence-corrected chi connectivity index (χ1v) is 1.55. The van der Waals surface area contributed by atoms with Gasteiger partial charge >= 0.3 is 5.97 Å². The summed E-state index contributed by atoms with van der Waals surface area (Å²) in [6, 6.07) is 0. The van der Waals surface area contributed by atoms with Gasteiger partial charge in [0.25, 0.3) is 0 Å². The summed E-state index contributed by atoms with van der Waals surface area (Å²) in [6.45, 7) is 1.20. The normalized spacial score (nSPS) is 11.7. The van der Waals surface area contributed by atoms with E-state index >= 15 is 0 Å². The molecule has 0 saturated carbocycles. The standard InChI is InChI=1S/C3H6O3.Na/c1-2(4)3(5)6;/h2,4H,1H3,(H,5,6);/t2-;/m1./s1/i1+1,2+1,3+1;. The van der Waals surface area contributed by atoms with E-state index in [1.165, 1.54) is 6.92 Å². The van der Waals surface area contributed by atoms with Gasteiger partial charge in [-0.3, -0.25) is 0 Å². The third kappa shape index (κ3) is 6.43. The van der Waals surface area contributed by atoms with E-state index < -0.39 is 12.1 Å². The third-order valence-electron chi connectivity index (χ3n) is 0.357. The molecule has 4 heteroatoms. The first-order valence-electron chi connectivity index (χ1n) is 1.55. The van der Waals surface area contributed by atoms with E-state index in [0.29, 0.717) is 0 Å². The van der Waals surface area contributed by atoms with Gasteiger partial charge in [-0.15, -0.1) is 0 Å². The molecule has 0 rings (SSSR count). The number of hydrogen-bond donors (Lipinski definition) is 2. The van der Waals surface area contributed by atoms with E-state index in [0.717, 1.165) is 0 Å². The zero-order valence-electron chi connectivity index (χ0n) is 4.38. The molecule has 1 radical (unpaired) electrons. The summed E-state index contributed by atoms with van der Waals surface area (Å²) >= 11 is 0. The minimum absolute atomic E-state index is 0. The number of hydrogen-bond acceptors (Lipinski definition) is 2. The molecule has 0 heterocycles. The summed E-state index contributed by atoms with van der Waals surface area (Å²) in [5, 5.41) is 15.8. The second-order valence-corrected chi connectivity index (χ2v) is 1.01. The molecule has 7 heavy (non-hydrogen) atoms. The zero-order chi connectivity index (χ0) is 5.15. The van der Waals surface area contributed by atoms with Crippen molar-refractivity contribution in [3.63, 3.8) is 0 Å². The van der Waals surface area contributed by atoms with Crippen molar-refractivity contribution in [3.05, 3.63) is 0 Å². The molecule has 0 aromatic heterocycles. The molecular formula is C3H6NaO3. The van der Waals surface area contributed by atoms with Gasteiger partial charge in [0.1, 0.15) is 6.10 Å². The van der Waals surface area contributed by atoms with Crippen LogP contribution in [0.3, 0.4) is 0 Å². The van der Waals surface area contributed by atoms with Gasteiger partial charge < -0.3 is 10.2 Å². The number of aliphatic hydroxyl groups is 1. The van der Waals surface area contributed by atoms with E-state index in [1.807, 2.05) is 0 Å². The summed E-state index contributed by atoms with van der Waals surface area (Å²) in [5.74, 6) is -1.19. The van der Waals surface area contributed by atoms with Gasteiger partial charge in [0.05, 0.1) is 0 Å². The number of carboxylic acid groups (broad SMARTS) is 1. The predicted molar refractivity (Wildman–Crippen MR) is 25.1 cm³/mol. The Morgan fingerprint density at radius 3 is 1.86 bits per heavy atom. The number of carbonyl (C=O) groups is 1. The number of aliphatic carboxylic acids is 1. The Hall–Kier alpha value is 0.430. The van der Waals surface area contributed by atoms with E-state index in [1.54, 1.807) is 0 Å². The first kappa shape index (κ1) is 10.4. The van der Waals surface area contributed by atoms with Crippen molar-refractivity contribution in [1.29, 1.82) is 0 Å². The van der Waals surface area contributed by atoms with E-state index in [4.69, 9.17) is 10.2 Å². The molecule has 0 amide bonds. The fraction of sp³-hybridized carbons (Fsp3) is 0.667. The van der Waals surface area contributed by atoms with Crippen LogP contribution in [0.1, 0.15) is 6.92 Å². The molecule has 0 aliphatic carbocycles. The van der Waals surface area contributed by atoms with Gasteiger partial charge in [0.15, 0.2) is 0 Å². The molecule has 0 fully saturated rings. The average molecular weight is 116 g/mol. The van der Waals surface area contributed by atoms with Crippen LogP contribution in [-0.2, 0) is 4.79 Å². The van der Waals surface area contributed by atoms with Crippen molar-refractivity contribution in [1.82, 2.24) is 0 Å². The second kappa shape index (κ2) is 4.59. The Morgan fingerprint density at radius 2 is 1.86 bits per heavy atom. The fourth-order valence-electron chi connectivity index (χ4n) is 0. The second-order valence-electron chi connectivity index (χ2n) is 1.01. The molecule has 0 aromatic rings. The molecule has 0 bridgehead atoms. The Balaban J connectivity index is 0. The molecule has 2 N–H and O–H groups in total. The quantitative estimate of drug-likeness (QED) is 0.343. The van der Waals surface area contributed by atoms with Crippen LogP contribution < -0.4 is 0 Å². The Labute approximate surface area is 63.6 Å². The molecule has 0 saturated heterocycles. The van der Waals surface area contributed by atoms with E-state index in [-0.39, 0.29) is 29.6 Å². The van der Waals surface area contributed by atoms with Gasteiger partial charge in [-0.05, 0) is 6.92 Å². The van der Waals surface area contributed by atoms with Crippen molar-refractivity contribution in [3.8, 4) is 0 Å². The van der Waals surface area contributed by atoms with Gasteiger partial charge in [0.2, 0.25) is 0 Å². The molecule has 0 aliphatic heterocycles. The van der Waals surface area contributed by atoms with Crippen molar-refractivity contribution in [2.75, 3.05) is 0 Å². The Morgan fingerprint density at radius 1 is 1.71 bits per heavy atom. The van der Waals surface area contributed by atoms with Crippen LogP contribution in [0.5, 0.6) is 0 Å². The summed E-state index contributed by atoms with van der Waals surface area (Å²) in [7, 11) is 0. The molecule has 0 spiro atoms. The van der Waals surface area contributed by atoms with E-state index in [9.17, 15) is 4.79 Å². The SMILES string of the molecule is [13CH3][13C@@H](O)[13C](=O)O.[Na]. The molecule has 1 atom stereocenters. The van der Waals surface area contributed by atoms with Gasteiger partial charge in [-0.2, -0.15) is 0 Å². The topological polar surface area (TPSA) is 57.5 Å². The summed E-state index contributed by atoms with van der Waals surface area (Å²) in [4.78, 5) is 9.45.